The van der Waals surface area contributed by atoms with Gasteiger partial charge in [-0.1, -0.05) is 11.6 Å². The SMILES string of the molecule is FC(F)(F)[C@@H]1Cc2cc(Cl)ccc2N1. The van der Waals surface area contributed by atoms with E-state index in [1.807, 2.05) is 0 Å². The van der Waals surface area contributed by atoms with Gasteiger partial charge in [0.15, 0.2) is 0 Å². The monoisotopic (exact) mass is 221 g/mol. The van der Waals surface area contributed by atoms with Gasteiger partial charge in [0.1, 0.15) is 6.04 Å². The molecule has 1 N–H and O–H groups in total. The molecular formula is C9H7ClF3N. The Morgan fingerprint density at radius 3 is 2.71 bits per heavy atom. The van der Waals surface area contributed by atoms with Gasteiger partial charge in [-0.2, -0.15) is 13.2 Å². The van der Waals surface area contributed by atoms with Gasteiger partial charge in [-0.05, 0) is 23.8 Å². The maximum Gasteiger partial charge on any atom is 0.408 e. The van der Waals surface area contributed by atoms with Crippen LogP contribution in [0.15, 0.2) is 18.2 Å². The molecule has 0 saturated heterocycles. The number of anilines is 1. The molecule has 1 heterocycles. The molecule has 76 valence electrons. The molecule has 1 aliphatic heterocycles. The highest BCUT2D eigenvalue weighted by Crippen LogP contribution is 2.35. The van der Waals surface area contributed by atoms with Crippen molar-refractivity contribution in [3.63, 3.8) is 0 Å². The quantitative estimate of drug-likeness (QED) is 0.709. The van der Waals surface area contributed by atoms with E-state index in [-0.39, 0.29) is 6.42 Å². The van der Waals surface area contributed by atoms with Gasteiger partial charge in [0.25, 0.3) is 0 Å². The summed E-state index contributed by atoms with van der Waals surface area (Å²) in [6.07, 6.45) is -4.25. The lowest BCUT2D eigenvalue weighted by atomic mass is 10.1. The molecule has 0 bridgehead atoms. The molecule has 0 spiro atoms. The molecule has 1 aromatic rings. The van der Waals surface area contributed by atoms with Gasteiger partial charge in [0, 0.05) is 17.1 Å². The van der Waals surface area contributed by atoms with Gasteiger partial charge >= 0.3 is 6.18 Å². The predicted octanol–water partition coefficient (Wildman–Crippen LogP) is 3.24. The second kappa shape index (κ2) is 3.05. The zero-order chi connectivity index (χ0) is 10.3. The Balaban J connectivity index is 2.26. The first-order valence-corrected chi connectivity index (χ1v) is 4.46. The van der Waals surface area contributed by atoms with Gasteiger partial charge in [0.2, 0.25) is 0 Å². The number of fused-ring (bicyclic) bond motifs is 1. The summed E-state index contributed by atoms with van der Waals surface area (Å²) in [5.41, 5.74) is 1.15. The Bertz CT molecular complexity index is 362. The van der Waals surface area contributed by atoms with Crippen LogP contribution in [0.4, 0.5) is 18.9 Å². The summed E-state index contributed by atoms with van der Waals surface area (Å²) >= 11 is 5.68. The summed E-state index contributed by atoms with van der Waals surface area (Å²) in [6.45, 7) is 0. The minimum absolute atomic E-state index is 0.0423. The fourth-order valence-electron chi connectivity index (χ4n) is 1.53. The third kappa shape index (κ3) is 1.66. The van der Waals surface area contributed by atoms with Crippen molar-refractivity contribution >= 4 is 17.3 Å². The standard InChI is InChI=1S/C9H7ClF3N/c10-6-1-2-7-5(3-6)4-8(14-7)9(11,12)13/h1-3,8,14H,4H2/t8-/m0/s1. The fourth-order valence-corrected chi connectivity index (χ4v) is 1.72. The predicted molar refractivity (Wildman–Crippen MR) is 48.6 cm³/mol. The minimum atomic E-state index is -4.20. The van der Waals surface area contributed by atoms with Crippen molar-refractivity contribution < 1.29 is 13.2 Å². The first-order chi connectivity index (χ1) is 6.47. The fraction of sp³-hybridized carbons (Fsp3) is 0.333. The van der Waals surface area contributed by atoms with E-state index in [4.69, 9.17) is 11.6 Å². The minimum Gasteiger partial charge on any atom is -0.373 e. The van der Waals surface area contributed by atoms with E-state index in [9.17, 15) is 13.2 Å². The summed E-state index contributed by atoms with van der Waals surface area (Å²) in [6, 6.07) is 3.24. The van der Waals surface area contributed by atoms with Crippen molar-refractivity contribution in [3.8, 4) is 0 Å². The largest absolute Gasteiger partial charge is 0.408 e. The van der Waals surface area contributed by atoms with Crippen molar-refractivity contribution in [2.75, 3.05) is 5.32 Å². The number of hydrogen-bond donors (Lipinski definition) is 1. The Labute approximate surface area is 83.9 Å². The van der Waals surface area contributed by atoms with Gasteiger partial charge < -0.3 is 5.32 Å². The van der Waals surface area contributed by atoms with E-state index >= 15 is 0 Å². The topological polar surface area (TPSA) is 12.0 Å². The highest BCUT2D eigenvalue weighted by atomic mass is 35.5. The molecule has 2 rings (SSSR count). The molecule has 0 aliphatic carbocycles. The summed E-state index contributed by atoms with van der Waals surface area (Å²) < 4.78 is 37.0. The molecule has 5 heteroatoms. The molecule has 0 amide bonds. The molecule has 0 aromatic heterocycles. The molecule has 0 fully saturated rings. The van der Waals surface area contributed by atoms with Crippen LogP contribution in [0.3, 0.4) is 0 Å². The van der Waals surface area contributed by atoms with E-state index in [2.05, 4.69) is 5.32 Å². The Kier molecular flexibility index (Phi) is 2.10. The molecule has 0 radical (unpaired) electrons. The smallest absolute Gasteiger partial charge is 0.373 e. The van der Waals surface area contributed by atoms with E-state index in [1.165, 1.54) is 0 Å². The molecule has 14 heavy (non-hydrogen) atoms. The number of rotatable bonds is 0. The normalized spacial score (nSPS) is 20.4. The summed E-state index contributed by atoms with van der Waals surface area (Å²) in [5, 5.41) is 2.88. The van der Waals surface area contributed by atoms with E-state index < -0.39 is 12.2 Å². The summed E-state index contributed by atoms with van der Waals surface area (Å²) in [5.74, 6) is 0. The Hall–Kier alpha value is -0.900. The van der Waals surface area contributed by atoms with Crippen LogP contribution < -0.4 is 5.32 Å². The van der Waals surface area contributed by atoms with Crippen LogP contribution in [0.2, 0.25) is 5.02 Å². The maximum absolute atomic E-state index is 12.3. The average Bonchev–Trinajstić information content (AvgIpc) is 2.45. The zero-order valence-corrected chi connectivity index (χ0v) is 7.78. The lowest BCUT2D eigenvalue weighted by Gasteiger charge is -2.14. The van der Waals surface area contributed by atoms with Crippen LogP contribution in [0, 0.1) is 0 Å². The molecule has 1 atom stereocenters. The second-order valence-corrected chi connectivity index (χ2v) is 3.68. The van der Waals surface area contributed by atoms with Gasteiger partial charge in [0.05, 0.1) is 0 Å². The molecule has 0 saturated carbocycles. The summed E-state index contributed by atoms with van der Waals surface area (Å²) in [4.78, 5) is 0. The average molecular weight is 222 g/mol. The van der Waals surface area contributed by atoms with Crippen molar-refractivity contribution in [1.29, 1.82) is 0 Å². The molecular weight excluding hydrogens is 215 g/mol. The number of alkyl halides is 3. The molecule has 0 unspecified atom stereocenters. The van der Waals surface area contributed by atoms with Crippen molar-refractivity contribution in [2.24, 2.45) is 0 Å². The first kappa shape index (κ1) is 9.65. The van der Waals surface area contributed by atoms with Crippen molar-refractivity contribution in [2.45, 2.75) is 18.6 Å². The third-order valence-corrected chi connectivity index (χ3v) is 2.45. The van der Waals surface area contributed by atoms with Crippen molar-refractivity contribution in [1.82, 2.24) is 0 Å². The number of nitrogens with one attached hydrogen (secondary N) is 1. The van der Waals surface area contributed by atoms with Gasteiger partial charge in [-0.3, -0.25) is 0 Å². The van der Waals surface area contributed by atoms with E-state index in [0.29, 0.717) is 16.3 Å². The molecule has 1 aliphatic rings. The highest BCUT2D eigenvalue weighted by Gasteiger charge is 2.42. The summed E-state index contributed by atoms with van der Waals surface area (Å²) in [7, 11) is 0. The number of halogens is 4. The molecule has 1 nitrogen and oxygen atoms in total. The Morgan fingerprint density at radius 2 is 2.07 bits per heavy atom. The second-order valence-electron chi connectivity index (χ2n) is 3.24. The first-order valence-electron chi connectivity index (χ1n) is 4.08. The molecule has 1 aromatic carbocycles. The highest BCUT2D eigenvalue weighted by molar-refractivity contribution is 6.30. The van der Waals surface area contributed by atoms with Crippen LogP contribution in [-0.2, 0) is 6.42 Å². The lowest BCUT2D eigenvalue weighted by molar-refractivity contribution is -0.140. The van der Waals surface area contributed by atoms with Crippen LogP contribution in [-0.4, -0.2) is 12.2 Å². The number of benzene rings is 1. The third-order valence-electron chi connectivity index (χ3n) is 2.22. The maximum atomic E-state index is 12.3. The van der Waals surface area contributed by atoms with Crippen molar-refractivity contribution in [3.05, 3.63) is 28.8 Å². The van der Waals surface area contributed by atoms with E-state index in [0.717, 1.165) is 0 Å². The van der Waals surface area contributed by atoms with Crippen LogP contribution in [0.25, 0.3) is 0 Å². The van der Waals surface area contributed by atoms with Gasteiger partial charge in [-0.15, -0.1) is 0 Å². The van der Waals surface area contributed by atoms with E-state index in [1.54, 1.807) is 18.2 Å². The lowest BCUT2D eigenvalue weighted by Crippen LogP contribution is -2.34. The Morgan fingerprint density at radius 1 is 1.36 bits per heavy atom. The van der Waals surface area contributed by atoms with Crippen LogP contribution in [0.5, 0.6) is 0 Å². The number of hydrogen-bond acceptors (Lipinski definition) is 1. The van der Waals surface area contributed by atoms with Crippen LogP contribution in [0.1, 0.15) is 5.56 Å². The van der Waals surface area contributed by atoms with Crippen LogP contribution >= 0.6 is 11.6 Å². The van der Waals surface area contributed by atoms with Gasteiger partial charge in [-0.25, -0.2) is 0 Å². The zero-order valence-electron chi connectivity index (χ0n) is 7.03.